The summed E-state index contributed by atoms with van der Waals surface area (Å²) in [7, 11) is 0. The highest BCUT2D eigenvalue weighted by Gasteiger charge is 2.29. The Labute approximate surface area is 154 Å². The fraction of sp³-hybridized carbons (Fsp3) is 0.400. The Morgan fingerprint density at radius 3 is 2.72 bits per heavy atom. The zero-order valence-corrected chi connectivity index (χ0v) is 16.2. The Hall–Kier alpha value is -2.22. The molecule has 130 valence electrons. The summed E-state index contributed by atoms with van der Waals surface area (Å²) in [5.41, 5.74) is 9.99. The molecular formula is C25H30. The van der Waals surface area contributed by atoms with Crippen LogP contribution in [0.25, 0.3) is 0 Å². The van der Waals surface area contributed by atoms with Gasteiger partial charge >= 0.3 is 0 Å². The first kappa shape index (κ1) is 19.1. The largest absolute Gasteiger partial charge is 0.118 e. The van der Waals surface area contributed by atoms with Crippen molar-refractivity contribution in [2.24, 2.45) is 5.92 Å². The van der Waals surface area contributed by atoms with Crippen molar-refractivity contribution in [2.75, 3.05) is 0 Å². The molecule has 0 atom stereocenters. The minimum atomic E-state index is 0.706. The molecule has 0 nitrogen and oxygen atoms in total. The molecule has 2 aliphatic rings. The maximum atomic E-state index is 3.51. The molecule has 0 saturated heterocycles. The molecule has 25 heavy (non-hydrogen) atoms. The van der Waals surface area contributed by atoms with Crippen LogP contribution in [0.1, 0.15) is 59.8 Å². The molecule has 0 aromatic rings. The quantitative estimate of drug-likeness (QED) is 0.279. The van der Waals surface area contributed by atoms with Gasteiger partial charge in [-0.15, -0.1) is 5.73 Å². The van der Waals surface area contributed by atoms with Crippen molar-refractivity contribution in [1.29, 1.82) is 0 Å². The minimum absolute atomic E-state index is 0.706. The fourth-order valence-electron chi connectivity index (χ4n) is 2.96. The topological polar surface area (TPSA) is 0 Å². The SMILES string of the molecule is C\C=C/C=C(CC)/C(C#CCC)=C(/CC1=CC=C=C(C)C=C1)C1CC1. The molecule has 0 radical (unpaired) electrons. The van der Waals surface area contributed by atoms with E-state index in [0.717, 1.165) is 19.3 Å². The van der Waals surface area contributed by atoms with E-state index in [-0.39, 0.29) is 0 Å². The molecule has 0 heteroatoms. The van der Waals surface area contributed by atoms with Crippen LogP contribution in [0.5, 0.6) is 0 Å². The Morgan fingerprint density at radius 2 is 2.08 bits per heavy atom. The Morgan fingerprint density at radius 1 is 1.28 bits per heavy atom. The third-order valence-corrected chi connectivity index (χ3v) is 4.52. The van der Waals surface area contributed by atoms with E-state index < -0.39 is 0 Å². The normalized spacial score (nSPS) is 18.3. The monoisotopic (exact) mass is 330 g/mol. The van der Waals surface area contributed by atoms with Crippen LogP contribution in [0, 0.1) is 17.8 Å². The molecule has 2 aliphatic carbocycles. The summed E-state index contributed by atoms with van der Waals surface area (Å²) >= 11 is 0. The lowest BCUT2D eigenvalue weighted by Crippen LogP contribution is -1.99. The van der Waals surface area contributed by atoms with Crippen LogP contribution in [-0.2, 0) is 0 Å². The second-order valence-electron chi connectivity index (χ2n) is 6.65. The van der Waals surface area contributed by atoms with Gasteiger partial charge in [0, 0.05) is 12.0 Å². The predicted molar refractivity (Wildman–Crippen MR) is 110 cm³/mol. The fourth-order valence-corrected chi connectivity index (χ4v) is 2.96. The smallest absolute Gasteiger partial charge is 0.0275 e. The van der Waals surface area contributed by atoms with Gasteiger partial charge < -0.3 is 0 Å². The Balaban J connectivity index is 2.45. The van der Waals surface area contributed by atoms with Gasteiger partial charge in [-0.1, -0.05) is 62.1 Å². The number of hydrogen-bond acceptors (Lipinski definition) is 0. The van der Waals surface area contributed by atoms with E-state index in [4.69, 9.17) is 0 Å². The van der Waals surface area contributed by atoms with Gasteiger partial charge in [0.1, 0.15) is 0 Å². The van der Waals surface area contributed by atoms with Gasteiger partial charge in [0.25, 0.3) is 0 Å². The first-order chi connectivity index (χ1) is 12.2. The predicted octanol–water partition coefficient (Wildman–Crippen LogP) is 7.01. The first-order valence-corrected chi connectivity index (χ1v) is 9.54. The summed E-state index contributed by atoms with van der Waals surface area (Å²) in [6.07, 6.45) is 20.6. The van der Waals surface area contributed by atoms with E-state index in [9.17, 15) is 0 Å². The van der Waals surface area contributed by atoms with Gasteiger partial charge in [-0.05, 0) is 73.8 Å². The van der Waals surface area contributed by atoms with Crippen LogP contribution in [-0.4, -0.2) is 0 Å². The molecule has 0 aliphatic heterocycles. The lowest BCUT2D eigenvalue weighted by molar-refractivity contribution is 0.914. The molecule has 0 amide bonds. The Bertz CT molecular complexity index is 753. The van der Waals surface area contributed by atoms with Crippen LogP contribution in [0.2, 0.25) is 0 Å². The highest BCUT2D eigenvalue weighted by atomic mass is 14.3. The summed E-state index contributed by atoms with van der Waals surface area (Å²) in [6.45, 7) is 8.51. The number of rotatable bonds is 6. The van der Waals surface area contributed by atoms with Crippen molar-refractivity contribution < 1.29 is 0 Å². The number of allylic oxidation sites excluding steroid dienone is 11. The molecule has 0 heterocycles. The molecule has 1 fully saturated rings. The van der Waals surface area contributed by atoms with Crippen molar-refractivity contribution in [1.82, 2.24) is 0 Å². The summed E-state index contributed by atoms with van der Waals surface area (Å²) in [5, 5.41) is 0. The van der Waals surface area contributed by atoms with Crippen molar-refractivity contribution in [3.05, 3.63) is 76.1 Å². The van der Waals surface area contributed by atoms with Gasteiger partial charge in [-0.3, -0.25) is 0 Å². The third-order valence-electron chi connectivity index (χ3n) is 4.52. The minimum Gasteiger partial charge on any atom is -0.118 e. The van der Waals surface area contributed by atoms with E-state index in [1.807, 2.05) is 6.08 Å². The zero-order chi connectivity index (χ0) is 18.1. The third kappa shape index (κ3) is 5.97. The molecule has 0 unspecified atom stereocenters. The average molecular weight is 331 g/mol. The molecule has 0 aromatic carbocycles. The van der Waals surface area contributed by atoms with Crippen LogP contribution < -0.4 is 0 Å². The van der Waals surface area contributed by atoms with Crippen molar-refractivity contribution in [3.63, 3.8) is 0 Å². The Kier molecular flexibility index (Phi) is 7.59. The maximum absolute atomic E-state index is 3.51. The van der Waals surface area contributed by atoms with Crippen molar-refractivity contribution in [3.8, 4) is 11.8 Å². The van der Waals surface area contributed by atoms with Crippen LogP contribution in [0.15, 0.2) is 76.1 Å². The molecule has 1 saturated carbocycles. The van der Waals surface area contributed by atoms with Gasteiger partial charge in [0.15, 0.2) is 0 Å². The lowest BCUT2D eigenvalue weighted by Gasteiger charge is -2.14. The van der Waals surface area contributed by atoms with Gasteiger partial charge in [0.05, 0.1) is 0 Å². The molecule has 0 bridgehead atoms. The van der Waals surface area contributed by atoms with E-state index in [1.165, 1.54) is 40.7 Å². The summed E-state index contributed by atoms with van der Waals surface area (Å²) in [6, 6.07) is 0. The molecule has 0 N–H and O–H groups in total. The van der Waals surface area contributed by atoms with E-state index in [1.54, 1.807) is 0 Å². The first-order valence-electron chi connectivity index (χ1n) is 9.54. The molecular weight excluding hydrogens is 300 g/mol. The summed E-state index contributed by atoms with van der Waals surface area (Å²) in [5.74, 6) is 7.54. The van der Waals surface area contributed by atoms with Crippen LogP contribution in [0.3, 0.4) is 0 Å². The standard InChI is InChI=1S/C25H30/c1-5-8-13-22(7-3)24(14-9-6-2)25(23-17-18-23)19-21-12-10-11-20(4)15-16-21/h5,8,10,12-13,15-16,23H,6-7,17-19H2,1-4H3/b8-5-,22-13+,25-24-. The van der Waals surface area contributed by atoms with E-state index in [2.05, 4.69) is 81.7 Å². The highest BCUT2D eigenvalue weighted by Crippen LogP contribution is 2.43. The highest BCUT2D eigenvalue weighted by molar-refractivity contribution is 5.53. The lowest BCUT2D eigenvalue weighted by atomic mass is 9.90. The van der Waals surface area contributed by atoms with Crippen LogP contribution in [0.4, 0.5) is 0 Å². The van der Waals surface area contributed by atoms with Crippen molar-refractivity contribution >= 4 is 0 Å². The summed E-state index contributed by atoms with van der Waals surface area (Å²) in [4.78, 5) is 0. The van der Waals surface area contributed by atoms with Crippen molar-refractivity contribution in [2.45, 2.75) is 59.8 Å². The maximum Gasteiger partial charge on any atom is 0.0275 e. The zero-order valence-electron chi connectivity index (χ0n) is 16.2. The van der Waals surface area contributed by atoms with E-state index >= 15 is 0 Å². The second kappa shape index (κ2) is 9.93. The molecule has 2 rings (SSSR count). The van der Waals surface area contributed by atoms with E-state index in [0.29, 0.717) is 5.92 Å². The molecule has 0 aromatic heterocycles. The van der Waals surface area contributed by atoms with Crippen LogP contribution >= 0.6 is 0 Å². The molecule has 0 spiro atoms. The van der Waals surface area contributed by atoms with Gasteiger partial charge in [-0.2, -0.15) is 0 Å². The number of hydrogen-bond donors (Lipinski definition) is 0. The summed E-state index contributed by atoms with van der Waals surface area (Å²) < 4.78 is 0. The average Bonchev–Trinajstić information content (AvgIpc) is 3.45. The second-order valence-corrected chi connectivity index (χ2v) is 6.65. The van der Waals surface area contributed by atoms with Gasteiger partial charge in [-0.25, -0.2) is 0 Å². The van der Waals surface area contributed by atoms with Gasteiger partial charge in [0.2, 0.25) is 0 Å².